The van der Waals surface area contributed by atoms with Crippen LogP contribution in [0.25, 0.3) is 0 Å². The fraction of sp³-hybridized carbons (Fsp3) is 0.0833. The summed E-state index contributed by atoms with van der Waals surface area (Å²) in [6.45, 7) is 0. The smallest absolute Gasteiger partial charge is 0.337 e. The Morgan fingerprint density at radius 3 is 2.67 bits per heavy atom. The molecule has 1 heterocycles. The van der Waals surface area contributed by atoms with E-state index in [0.29, 0.717) is 4.60 Å². The minimum absolute atomic E-state index is 0.0710. The Labute approximate surface area is 129 Å². The molecule has 9 heteroatoms. The Kier molecular flexibility index (Phi) is 4.53. The molecule has 0 fully saturated rings. The fourth-order valence-corrected chi connectivity index (χ4v) is 2.71. The minimum atomic E-state index is -3.87. The summed E-state index contributed by atoms with van der Waals surface area (Å²) < 4.78 is 31.7. The molecule has 110 valence electrons. The number of ether oxygens (including phenoxy) is 1. The van der Waals surface area contributed by atoms with Crippen molar-refractivity contribution in [3.05, 3.63) is 46.8 Å². The van der Waals surface area contributed by atoms with Crippen LogP contribution in [0.15, 0.2) is 46.2 Å². The summed E-state index contributed by atoms with van der Waals surface area (Å²) in [5.74, 6) is -0.544. The number of aromatic nitrogens is 2. The zero-order valence-corrected chi connectivity index (χ0v) is 13.2. The van der Waals surface area contributed by atoms with Gasteiger partial charge in [0.2, 0.25) is 0 Å². The number of hydrogen-bond donors (Lipinski definition) is 1. The number of sulfonamides is 1. The number of rotatable bonds is 4. The van der Waals surface area contributed by atoms with Gasteiger partial charge in [-0.2, -0.15) is 0 Å². The lowest BCUT2D eigenvalue weighted by Crippen LogP contribution is -2.15. The van der Waals surface area contributed by atoms with Crippen molar-refractivity contribution in [1.29, 1.82) is 0 Å². The fourth-order valence-electron chi connectivity index (χ4n) is 1.47. The Morgan fingerprint density at radius 1 is 1.29 bits per heavy atom. The van der Waals surface area contributed by atoms with Gasteiger partial charge in [0.15, 0.2) is 5.82 Å². The normalized spacial score (nSPS) is 11.0. The highest BCUT2D eigenvalue weighted by Gasteiger charge is 2.17. The molecule has 2 rings (SSSR count). The maximum absolute atomic E-state index is 12.2. The molecule has 0 atom stereocenters. The van der Waals surface area contributed by atoms with Crippen molar-refractivity contribution >= 4 is 37.7 Å². The van der Waals surface area contributed by atoms with Crippen molar-refractivity contribution in [3.8, 4) is 0 Å². The van der Waals surface area contributed by atoms with Gasteiger partial charge in [-0.3, -0.25) is 4.72 Å². The largest absolute Gasteiger partial charge is 0.465 e. The average molecular weight is 372 g/mol. The van der Waals surface area contributed by atoms with Gasteiger partial charge in [0.25, 0.3) is 10.0 Å². The van der Waals surface area contributed by atoms with Crippen LogP contribution < -0.4 is 4.72 Å². The van der Waals surface area contributed by atoms with Gasteiger partial charge in [-0.05, 0) is 34.1 Å². The van der Waals surface area contributed by atoms with Crippen molar-refractivity contribution in [2.24, 2.45) is 0 Å². The van der Waals surface area contributed by atoms with Gasteiger partial charge in [-0.1, -0.05) is 6.07 Å². The molecular weight excluding hydrogens is 362 g/mol. The number of halogens is 1. The first-order chi connectivity index (χ1) is 9.92. The highest BCUT2D eigenvalue weighted by molar-refractivity contribution is 9.10. The van der Waals surface area contributed by atoms with Crippen molar-refractivity contribution in [2.45, 2.75) is 4.90 Å². The predicted molar refractivity (Wildman–Crippen MR) is 78.3 cm³/mol. The van der Waals surface area contributed by atoms with E-state index in [-0.39, 0.29) is 16.3 Å². The van der Waals surface area contributed by atoms with Crippen LogP contribution in [-0.4, -0.2) is 31.5 Å². The predicted octanol–water partition coefficient (Wildman–Crippen LogP) is 1.83. The maximum atomic E-state index is 12.2. The molecule has 0 spiro atoms. The van der Waals surface area contributed by atoms with E-state index in [1.165, 1.54) is 43.8 Å². The molecule has 0 amide bonds. The minimum Gasteiger partial charge on any atom is -0.465 e. The van der Waals surface area contributed by atoms with Gasteiger partial charge in [0.1, 0.15) is 4.60 Å². The number of carbonyl (C=O) groups excluding carboxylic acids is 1. The van der Waals surface area contributed by atoms with Gasteiger partial charge in [-0.25, -0.2) is 23.2 Å². The number of nitrogens with one attached hydrogen (secondary N) is 1. The first kappa shape index (κ1) is 15.4. The molecule has 0 aliphatic rings. The number of methoxy groups -OCH3 is 1. The maximum Gasteiger partial charge on any atom is 0.337 e. The molecule has 2 aromatic rings. The second-order valence-electron chi connectivity index (χ2n) is 3.85. The molecule has 0 radical (unpaired) electrons. The van der Waals surface area contributed by atoms with E-state index in [2.05, 4.69) is 35.4 Å². The topological polar surface area (TPSA) is 98.2 Å². The number of anilines is 1. The SMILES string of the molecule is COC(=O)c1cccc(S(=O)(=O)Nc2cnc(Br)cn2)c1. The van der Waals surface area contributed by atoms with E-state index in [1.807, 2.05) is 0 Å². The molecule has 1 N–H and O–H groups in total. The van der Waals surface area contributed by atoms with Crippen LogP contribution in [0.1, 0.15) is 10.4 Å². The number of nitrogens with zero attached hydrogens (tertiary/aromatic N) is 2. The third kappa shape index (κ3) is 3.76. The molecule has 0 bridgehead atoms. The quantitative estimate of drug-likeness (QED) is 0.823. The first-order valence-corrected chi connectivity index (χ1v) is 7.89. The Balaban J connectivity index is 2.31. The third-order valence-corrected chi connectivity index (χ3v) is 4.19. The van der Waals surface area contributed by atoms with Crippen LogP contribution in [0.2, 0.25) is 0 Å². The molecule has 0 saturated heterocycles. The number of esters is 1. The Hall–Kier alpha value is -2.00. The zero-order chi connectivity index (χ0) is 15.5. The lowest BCUT2D eigenvalue weighted by Gasteiger charge is -2.08. The van der Waals surface area contributed by atoms with E-state index in [1.54, 1.807) is 0 Å². The molecule has 1 aromatic heterocycles. The van der Waals surface area contributed by atoms with E-state index in [9.17, 15) is 13.2 Å². The van der Waals surface area contributed by atoms with Crippen molar-refractivity contribution < 1.29 is 17.9 Å². The van der Waals surface area contributed by atoms with E-state index in [4.69, 9.17) is 0 Å². The van der Waals surface area contributed by atoms with Crippen molar-refractivity contribution in [2.75, 3.05) is 11.8 Å². The molecule has 0 aliphatic heterocycles. The van der Waals surface area contributed by atoms with Crippen molar-refractivity contribution in [1.82, 2.24) is 9.97 Å². The van der Waals surface area contributed by atoms with Crippen LogP contribution in [0.4, 0.5) is 5.82 Å². The van der Waals surface area contributed by atoms with Gasteiger partial charge in [0, 0.05) is 0 Å². The summed E-state index contributed by atoms with van der Waals surface area (Å²) in [5, 5.41) is 0. The second-order valence-corrected chi connectivity index (χ2v) is 6.34. The van der Waals surface area contributed by atoms with Gasteiger partial charge in [-0.15, -0.1) is 0 Å². The molecule has 7 nitrogen and oxygen atoms in total. The first-order valence-electron chi connectivity index (χ1n) is 5.61. The zero-order valence-electron chi connectivity index (χ0n) is 10.8. The monoisotopic (exact) mass is 371 g/mol. The third-order valence-electron chi connectivity index (χ3n) is 2.42. The Morgan fingerprint density at radius 2 is 2.05 bits per heavy atom. The van der Waals surface area contributed by atoms with Crippen LogP contribution in [-0.2, 0) is 14.8 Å². The van der Waals surface area contributed by atoms with Gasteiger partial charge >= 0.3 is 5.97 Å². The Bertz CT molecular complexity index is 762. The molecule has 0 unspecified atom stereocenters. The van der Waals surface area contributed by atoms with Crippen LogP contribution in [0.5, 0.6) is 0 Å². The summed E-state index contributed by atoms with van der Waals surface area (Å²) in [7, 11) is -2.64. The van der Waals surface area contributed by atoms with Crippen molar-refractivity contribution in [3.63, 3.8) is 0 Å². The van der Waals surface area contributed by atoms with E-state index >= 15 is 0 Å². The van der Waals surface area contributed by atoms with Crippen LogP contribution in [0.3, 0.4) is 0 Å². The molecule has 0 saturated carbocycles. The standard InChI is InChI=1S/C12H10BrN3O4S/c1-20-12(17)8-3-2-4-9(5-8)21(18,19)16-11-7-14-10(13)6-15-11/h2-7H,1H3,(H,15,16). The van der Waals surface area contributed by atoms with Crippen LogP contribution in [0, 0.1) is 0 Å². The van der Waals surface area contributed by atoms with E-state index in [0.717, 1.165) is 0 Å². The number of benzene rings is 1. The number of carbonyl (C=O) groups is 1. The molecular formula is C12H10BrN3O4S. The molecule has 21 heavy (non-hydrogen) atoms. The summed E-state index contributed by atoms with van der Waals surface area (Å²) in [4.78, 5) is 19.1. The van der Waals surface area contributed by atoms with Crippen LogP contribution >= 0.6 is 15.9 Å². The number of hydrogen-bond acceptors (Lipinski definition) is 6. The second kappa shape index (κ2) is 6.19. The summed E-state index contributed by atoms with van der Waals surface area (Å²) in [6, 6.07) is 5.50. The lowest BCUT2D eigenvalue weighted by molar-refractivity contribution is 0.0600. The highest BCUT2D eigenvalue weighted by atomic mass is 79.9. The average Bonchev–Trinajstić information content (AvgIpc) is 2.49. The highest BCUT2D eigenvalue weighted by Crippen LogP contribution is 2.16. The van der Waals surface area contributed by atoms with E-state index < -0.39 is 16.0 Å². The summed E-state index contributed by atoms with van der Waals surface area (Å²) >= 11 is 3.10. The van der Waals surface area contributed by atoms with Gasteiger partial charge < -0.3 is 4.74 Å². The lowest BCUT2D eigenvalue weighted by atomic mass is 10.2. The summed E-state index contributed by atoms with van der Waals surface area (Å²) in [6.07, 6.45) is 2.63. The molecule has 0 aliphatic carbocycles. The molecule has 1 aromatic carbocycles. The van der Waals surface area contributed by atoms with Gasteiger partial charge in [0.05, 0.1) is 30.0 Å². The summed E-state index contributed by atoms with van der Waals surface area (Å²) in [5.41, 5.74) is 0.141.